The maximum absolute atomic E-state index is 12.4. The quantitative estimate of drug-likeness (QED) is 0.562. The number of fused-ring (bicyclic) bond motifs is 5. The lowest BCUT2D eigenvalue weighted by atomic mass is 9.44. The smallest absolute Gasteiger partial charge is 0.139 e. The minimum absolute atomic E-state index is 0.0132. The molecule has 0 aliphatic heterocycles. The normalized spacial score (nSPS) is 53.0. The van der Waals surface area contributed by atoms with Gasteiger partial charge in [0.25, 0.3) is 0 Å². The molecule has 116 valence electrons. The summed E-state index contributed by atoms with van der Waals surface area (Å²) in [6.07, 6.45) is 11.3. The van der Waals surface area contributed by atoms with Crippen LogP contribution in [0.1, 0.15) is 71.6 Å². The van der Waals surface area contributed by atoms with Crippen molar-refractivity contribution in [2.45, 2.75) is 71.6 Å². The Morgan fingerprint density at radius 2 is 1.86 bits per heavy atom. The Kier molecular flexibility index (Phi) is 2.98. The van der Waals surface area contributed by atoms with Crippen molar-refractivity contribution in [3.05, 3.63) is 12.2 Å². The van der Waals surface area contributed by atoms with E-state index < -0.39 is 0 Å². The molecule has 1 heteroatoms. The van der Waals surface area contributed by atoms with Crippen molar-refractivity contribution in [1.82, 2.24) is 0 Å². The first-order chi connectivity index (χ1) is 9.97. The lowest BCUT2D eigenvalue weighted by Gasteiger charge is -2.60. The molecule has 0 aromatic heterocycles. The Hall–Kier alpha value is -0.590. The van der Waals surface area contributed by atoms with Crippen LogP contribution in [0.15, 0.2) is 12.2 Å². The van der Waals surface area contributed by atoms with Crippen molar-refractivity contribution in [3.63, 3.8) is 0 Å². The summed E-state index contributed by atoms with van der Waals surface area (Å²) in [5.74, 6) is 3.60. The van der Waals surface area contributed by atoms with Crippen LogP contribution < -0.4 is 0 Å². The summed E-state index contributed by atoms with van der Waals surface area (Å²) in [7, 11) is 0. The molecule has 4 aliphatic rings. The fourth-order valence-electron chi connectivity index (χ4n) is 7.08. The number of carbonyl (C=O) groups excluding carboxylic acids is 1. The van der Waals surface area contributed by atoms with Gasteiger partial charge in [-0.2, -0.15) is 0 Å². The first-order valence-corrected chi connectivity index (χ1v) is 9.18. The van der Waals surface area contributed by atoms with E-state index in [-0.39, 0.29) is 5.41 Å². The van der Waals surface area contributed by atoms with Crippen molar-refractivity contribution in [2.75, 3.05) is 0 Å². The van der Waals surface area contributed by atoms with Gasteiger partial charge in [0.05, 0.1) is 0 Å². The minimum atomic E-state index is 0.0132. The number of Topliss-reactive ketones (excluding diaryl/α,β-unsaturated/α-hetero) is 1. The van der Waals surface area contributed by atoms with E-state index in [1.807, 2.05) is 0 Å². The van der Waals surface area contributed by atoms with Gasteiger partial charge in [0, 0.05) is 11.8 Å². The van der Waals surface area contributed by atoms with Crippen LogP contribution in [-0.2, 0) is 4.79 Å². The highest BCUT2D eigenvalue weighted by Crippen LogP contribution is 2.66. The van der Waals surface area contributed by atoms with Gasteiger partial charge in [-0.1, -0.05) is 38.8 Å². The summed E-state index contributed by atoms with van der Waals surface area (Å²) in [6, 6.07) is 0. The van der Waals surface area contributed by atoms with Gasteiger partial charge in [0.1, 0.15) is 5.78 Å². The minimum Gasteiger partial charge on any atom is -0.299 e. The summed E-state index contributed by atoms with van der Waals surface area (Å²) in [6.45, 7) is 9.35. The first-order valence-electron chi connectivity index (χ1n) is 9.18. The van der Waals surface area contributed by atoms with E-state index in [1.54, 1.807) is 0 Å². The standard InChI is InChI=1S/C20H30O/c1-13-12-14-16-7-8-18(21)20(16,3)11-9-17(14)19(2)10-5-4-6-15(13)19/h14-17H,1,4-12H2,2-3H3/t14-,15?,16-,17-,19-,20-/m0/s1. The van der Waals surface area contributed by atoms with E-state index in [4.69, 9.17) is 0 Å². The second-order valence-electron chi connectivity index (χ2n) is 8.96. The van der Waals surface area contributed by atoms with Crippen LogP contribution in [-0.4, -0.2) is 5.78 Å². The Morgan fingerprint density at radius 1 is 1.05 bits per heavy atom. The average molecular weight is 286 g/mol. The second-order valence-corrected chi connectivity index (χ2v) is 8.96. The van der Waals surface area contributed by atoms with E-state index >= 15 is 0 Å². The van der Waals surface area contributed by atoms with Crippen molar-refractivity contribution < 1.29 is 4.79 Å². The molecule has 1 unspecified atom stereocenters. The highest BCUT2D eigenvalue weighted by atomic mass is 16.1. The molecule has 0 aromatic rings. The van der Waals surface area contributed by atoms with Gasteiger partial charge >= 0.3 is 0 Å². The van der Waals surface area contributed by atoms with Crippen LogP contribution in [0.4, 0.5) is 0 Å². The molecule has 6 atom stereocenters. The van der Waals surface area contributed by atoms with Gasteiger partial charge in [-0.05, 0) is 67.6 Å². The number of hydrogen-bond donors (Lipinski definition) is 0. The van der Waals surface area contributed by atoms with E-state index in [1.165, 1.54) is 44.1 Å². The lowest BCUT2D eigenvalue weighted by Crippen LogP contribution is -2.53. The predicted molar refractivity (Wildman–Crippen MR) is 85.9 cm³/mol. The molecule has 4 rings (SSSR count). The maximum Gasteiger partial charge on any atom is 0.139 e. The molecule has 21 heavy (non-hydrogen) atoms. The molecule has 0 aromatic carbocycles. The van der Waals surface area contributed by atoms with E-state index in [2.05, 4.69) is 20.4 Å². The van der Waals surface area contributed by atoms with Crippen LogP contribution in [0.5, 0.6) is 0 Å². The van der Waals surface area contributed by atoms with Crippen LogP contribution >= 0.6 is 0 Å². The predicted octanol–water partition coefficient (Wildman–Crippen LogP) is 5.15. The zero-order chi connectivity index (χ0) is 14.8. The number of carbonyl (C=O) groups is 1. The van der Waals surface area contributed by atoms with Gasteiger partial charge in [-0.15, -0.1) is 0 Å². The van der Waals surface area contributed by atoms with Crippen LogP contribution in [0, 0.1) is 34.5 Å². The SMILES string of the molecule is C=C1C[C@@H]2[C@H](CC[C@]3(C)C(=O)CC[C@@H]23)[C@@]2(C)CCCCC12. The van der Waals surface area contributed by atoms with Crippen LogP contribution in [0.25, 0.3) is 0 Å². The summed E-state index contributed by atoms with van der Waals surface area (Å²) >= 11 is 0. The average Bonchev–Trinajstić information content (AvgIpc) is 2.75. The van der Waals surface area contributed by atoms with Crippen molar-refractivity contribution >= 4 is 5.78 Å². The van der Waals surface area contributed by atoms with E-state index in [0.29, 0.717) is 17.1 Å². The molecule has 4 fully saturated rings. The fraction of sp³-hybridized carbons (Fsp3) is 0.850. The monoisotopic (exact) mass is 286 g/mol. The van der Waals surface area contributed by atoms with E-state index in [0.717, 1.165) is 37.0 Å². The third kappa shape index (κ3) is 1.72. The van der Waals surface area contributed by atoms with Crippen molar-refractivity contribution in [2.24, 2.45) is 34.5 Å². The Bertz CT molecular complexity index is 492. The number of hydrogen-bond acceptors (Lipinski definition) is 1. The molecule has 0 saturated heterocycles. The molecule has 0 spiro atoms. The fourth-order valence-corrected chi connectivity index (χ4v) is 7.08. The first kappa shape index (κ1) is 14.0. The largest absolute Gasteiger partial charge is 0.299 e. The molecule has 0 bridgehead atoms. The van der Waals surface area contributed by atoms with Gasteiger partial charge in [-0.25, -0.2) is 0 Å². The topological polar surface area (TPSA) is 17.1 Å². The van der Waals surface area contributed by atoms with Crippen molar-refractivity contribution in [3.8, 4) is 0 Å². The molecule has 1 nitrogen and oxygen atoms in total. The Morgan fingerprint density at radius 3 is 2.67 bits per heavy atom. The maximum atomic E-state index is 12.4. The number of allylic oxidation sites excluding steroid dienone is 1. The molecule has 0 amide bonds. The van der Waals surface area contributed by atoms with E-state index in [9.17, 15) is 4.79 Å². The molecular formula is C20H30O. The summed E-state index contributed by atoms with van der Waals surface area (Å²) in [5.41, 5.74) is 2.03. The van der Waals surface area contributed by atoms with Crippen LogP contribution in [0.2, 0.25) is 0 Å². The van der Waals surface area contributed by atoms with Crippen LogP contribution in [0.3, 0.4) is 0 Å². The number of rotatable bonds is 0. The molecule has 4 saturated carbocycles. The summed E-state index contributed by atoms with van der Waals surface area (Å²) < 4.78 is 0. The molecular weight excluding hydrogens is 256 g/mol. The zero-order valence-electron chi connectivity index (χ0n) is 13.8. The van der Waals surface area contributed by atoms with Gasteiger partial charge in [-0.3, -0.25) is 4.79 Å². The van der Waals surface area contributed by atoms with Gasteiger partial charge in [0.15, 0.2) is 0 Å². The van der Waals surface area contributed by atoms with Gasteiger partial charge < -0.3 is 0 Å². The molecule has 0 heterocycles. The Balaban J connectivity index is 1.71. The molecule has 0 N–H and O–H groups in total. The lowest BCUT2D eigenvalue weighted by molar-refractivity contribution is -0.135. The summed E-state index contributed by atoms with van der Waals surface area (Å²) in [4.78, 5) is 12.4. The molecule has 0 radical (unpaired) electrons. The van der Waals surface area contributed by atoms with Crippen molar-refractivity contribution in [1.29, 1.82) is 0 Å². The summed E-state index contributed by atoms with van der Waals surface area (Å²) in [5, 5.41) is 0. The van der Waals surface area contributed by atoms with Gasteiger partial charge in [0.2, 0.25) is 0 Å². The third-order valence-electron chi connectivity index (χ3n) is 8.24. The highest BCUT2D eigenvalue weighted by Gasteiger charge is 2.60. The molecule has 4 aliphatic carbocycles. The highest BCUT2D eigenvalue weighted by molar-refractivity contribution is 5.87. The second kappa shape index (κ2) is 4.46. The zero-order valence-corrected chi connectivity index (χ0v) is 13.8. The third-order valence-corrected chi connectivity index (χ3v) is 8.24. The number of ketones is 1. The Labute approximate surface area is 129 Å².